The Balaban J connectivity index is 1.47. The quantitative estimate of drug-likeness (QED) is 0.660. The van der Waals surface area contributed by atoms with Gasteiger partial charge in [-0.05, 0) is 42.3 Å². The van der Waals surface area contributed by atoms with Crippen LogP contribution >= 0.6 is 11.6 Å². The second-order valence-electron chi connectivity index (χ2n) is 7.55. The van der Waals surface area contributed by atoms with Gasteiger partial charge in [-0.25, -0.2) is 5.43 Å². The van der Waals surface area contributed by atoms with Crippen molar-refractivity contribution in [3.05, 3.63) is 58.6 Å². The van der Waals surface area contributed by atoms with E-state index >= 15 is 0 Å². The fourth-order valence-electron chi connectivity index (χ4n) is 3.94. The summed E-state index contributed by atoms with van der Waals surface area (Å²) in [4.78, 5) is 2.30. The molecule has 3 unspecified atom stereocenters. The molecule has 7 heteroatoms. The number of halogens is 1. The molecule has 2 aliphatic rings. The molecule has 4 rings (SSSR count). The maximum absolute atomic E-state index is 10.0. The van der Waals surface area contributed by atoms with Gasteiger partial charge in [-0.1, -0.05) is 29.8 Å². The molecule has 0 radical (unpaired) electrons. The van der Waals surface area contributed by atoms with E-state index in [1.807, 2.05) is 31.2 Å². The highest BCUT2D eigenvalue weighted by atomic mass is 35.5. The Morgan fingerprint density at radius 2 is 1.96 bits per heavy atom. The van der Waals surface area contributed by atoms with Gasteiger partial charge in [-0.3, -0.25) is 10.3 Å². The van der Waals surface area contributed by atoms with Crippen LogP contribution in [0.25, 0.3) is 0 Å². The van der Waals surface area contributed by atoms with Gasteiger partial charge in [0.25, 0.3) is 0 Å². The minimum absolute atomic E-state index is 0.200. The summed E-state index contributed by atoms with van der Waals surface area (Å²) in [5.41, 5.74) is 9.02. The summed E-state index contributed by atoms with van der Waals surface area (Å²) in [7, 11) is 0. The minimum atomic E-state index is -0.398. The summed E-state index contributed by atoms with van der Waals surface area (Å²) in [5.74, 6) is 1.95. The molecule has 0 amide bonds. The summed E-state index contributed by atoms with van der Waals surface area (Å²) in [6.45, 7) is 5.17. The van der Waals surface area contributed by atoms with Gasteiger partial charge in [-0.2, -0.15) is 0 Å². The van der Waals surface area contributed by atoms with E-state index in [1.165, 1.54) is 5.56 Å². The number of nitrogens with one attached hydrogen (secondary N) is 2. The van der Waals surface area contributed by atoms with Crippen molar-refractivity contribution in [1.82, 2.24) is 15.8 Å². The zero-order valence-corrected chi connectivity index (χ0v) is 16.7. The van der Waals surface area contributed by atoms with Crippen LogP contribution < -0.4 is 20.3 Å². The highest BCUT2D eigenvalue weighted by Crippen LogP contribution is 2.33. The third-order valence-corrected chi connectivity index (χ3v) is 5.43. The molecule has 2 aromatic carbocycles. The number of benzene rings is 2. The largest absolute Gasteiger partial charge is 0.454 e. The molecule has 0 aromatic heterocycles. The van der Waals surface area contributed by atoms with Crippen LogP contribution in [0.1, 0.15) is 24.1 Å². The van der Waals surface area contributed by atoms with Gasteiger partial charge in [0.1, 0.15) is 0 Å². The Labute approximate surface area is 170 Å². The number of aliphatic hydroxyl groups excluding tert-OH is 1. The number of hydrogen-bond acceptors (Lipinski definition) is 6. The fourth-order valence-corrected chi connectivity index (χ4v) is 4.06. The standard InChI is InChI=1S/C21H26ClN3O3/c1-14(26)10-25(11-15-2-7-19-20(8-15)28-13-27-19)12-17-9-23-24-21(17)16-3-5-18(22)6-4-16/h2-8,14,17,21,23-24,26H,9-13H2,1H3. The van der Waals surface area contributed by atoms with Crippen LogP contribution in [0.5, 0.6) is 11.5 Å². The zero-order valence-electron chi connectivity index (χ0n) is 15.9. The molecule has 2 aliphatic heterocycles. The molecule has 1 fully saturated rings. The van der Waals surface area contributed by atoms with Crippen LogP contribution in [0.2, 0.25) is 5.02 Å². The van der Waals surface area contributed by atoms with Crippen LogP contribution in [0, 0.1) is 5.92 Å². The first-order valence-electron chi connectivity index (χ1n) is 9.61. The topological polar surface area (TPSA) is 66.0 Å². The summed E-state index contributed by atoms with van der Waals surface area (Å²) in [6, 6.07) is 14.2. The van der Waals surface area contributed by atoms with Crippen LogP contribution in [0.4, 0.5) is 0 Å². The molecular weight excluding hydrogens is 378 g/mol. The Morgan fingerprint density at radius 3 is 2.75 bits per heavy atom. The molecule has 6 nitrogen and oxygen atoms in total. The number of hydrazine groups is 1. The molecule has 0 bridgehead atoms. The number of nitrogens with zero attached hydrogens (tertiary/aromatic N) is 1. The monoisotopic (exact) mass is 403 g/mol. The van der Waals surface area contributed by atoms with Crippen molar-refractivity contribution in [3.63, 3.8) is 0 Å². The van der Waals surface area contributed by atoms with Crippen molar-refractivity contribution < 1.29 is 14.6 Å². The second-order valence-corrected chi connectivity index (χ2v) is 7.98. The number of fused-ring (bicyclic) bond motifs is 1. The van der Waals surface area contributed by atoms with Crippen LogP contribution in [-0.4, -0.2) is 42.5 Å². The van der Waals surface area contributed by atoms with Gasteiger partial charge in [0, 0.05) is 37.1 Å². The van der Waals surface area contributed by atoms with Crippen molar-refractivity contribution in [2.24, 2.45) is 5.92 Å². The maximum Gasteiger partial charge on any atom is 0.231 e. The van der Waals surface area contributed by atoms with Crippen LogP contribution in [0.3, 0.4) is 0 Å². The van der Waals surface area contributed by atoms with E-state index in [-0.39, 0.29) is 12.8 Å². The van der Waals surface area contributed by atoms with Crippen molar-refractivity contribution in [2.45, 2.75) is 25.6 Å². The van der Waals surface area contributed by atoms with Crippen LogP contribution in [0.15, 0.2) is 42.5 Å². The average molecular weight is 404 g/mol. The zero-order chi connectivity index (χ0) is 19.5. The van der Waals surface area contributed by atoms with Gasteiger partial charge < -0.3 is 14.6 Å². The number of ether oxygens (including phenoxy) is 2. The molecule has 150 valence electrons. The lowest BCUT2D eigenvalue weighted by Gasteiger charge is -2.29. The molecule has 2 heterocycles. The molecular formula is C21H26ClN3O3. The summed E-state index contributed by atoms with van der Waals surface area (Å²) >= 11 is 6.04. The fraction of sp³-hybridized carbons (Fsp3) is 0.429. The van der Waals surface area contributed by atoms with E-state index in [2.05, 4.69) is 34.0 Å². The molecule has 0 aliphatic carbocycles. The van der Waals surface area contributed by atoms with Gasteiger partial charge >= 0.3 is 0 Å². The molecule has 2 aromatic rings. The lowest BCUT2D eigenvalue weighted by molar-refractivity contribution is 0.110. The van der Waals surface area contributed by atoms with Gasteiger partial charge in [0.05, 0.1) is 12.1 Å². The first kappa shape index (κ1) is 19.5. The molecule has 0 saturated carbocycles. The highest BCUT2D eigenvalue weighted by Gasteiger charge is 2.30. The SMILES string of the molecule is CC(O)CN(Cc1ccc2c(c1)OCO2)CC1CNNC1c1ccc(Cl)cc1. The Kier molecular flexibility index (Phi) is 6.04. The molecule has 0 spiro atoms. The predicted molar refractivity (Wildman–Crippen MR) is 108 cm³/mol. The molecule has 28 heavy (non-hydrogen) atoms. The second kappa shape index (κ2) is 8.68. The van der Waals surface area contributed by atoms with E-state index < -0.39 is 6.10 Å². The van der Waals surface area contributed by atoms with E-state index in [0.717, 1.165) is 41.7 Å². The Hall–Kier alpha value is -1.83. The van der Waals surface area contributed by atoms with Crippen molar-refractivity contribution >= 4 is 11.6 Å². The van der Waals surface area contributed by atoms with Crippen LogP contribution in [-0.2, 0) is 6.54 Å². The normalized spacial score (nSPS) is 22.0. The van der Waals surface area contributed by atoms with Crippen molar-refractivity contribution in [3.8, 4) is 11.5 Å². The minimum Gasteiger partial charge on any atom is -0.454 e. The lowest BCUT2D eigenvalue weighted by Crippen LogP contribution is -2.37. The number of rotatable bonds is 7. The van der Waals surface area contributed by atoms with E-state index in [0.29, 0.717) is 12.5 Å². The Bertz CT molecular complexity index is 800. The Morgan fingerprint density at radius 1 is 1.18 bits per heavy atom. The average Bonchev–Trinajstić information content (AvgIpc) is 3.30. The molecule has 3 N–H and O–H groups in total. The predicted octanol–water partition coefficient (Wildman–Crippen LogP) is 2.72. The van der Waals surface area contributed by atoms with E-state index in [4.69, 9.17) is 21.1 Å². The summed E-state index contributed by atoms with van der Waals surface area (Å²) in [5, 5.41) is 10.8. The maximum atomic E-state index is 10.0. The molecule has 1 saturated heterocycles. The smallest absolute Gasteiger partial charge is 0.231 e. The first-order valence-corrected chi connectivity index (χ1v) is 9.99. The van der Waals surface area contributed by atoms with Gasteiger partial charge in [0.2, 0.25) is 6.79 Å². The number of hydrogen-bond donors (Lipinski definition) is 3. The summed E-state index contributed by atoms with van der Waals surface area (Å²) < 4.78 is 10.9. The number of aliphatic hydroxyl groups is 1. The third kappa shape index (κ3) is 4.59. The summed E-state index contributed by atoms with van der Waals surface area (Å²) in [6.07, 6.45) is -0.398. The van der Waals surface area contributed by atoms with Gasteiger partial charge in [0.15, 0.2) is 11.5 Å². The van der Waals surface area contributed by atoms with E-state index in [9.17, 15) is 5.11 Å². The molecule has 3 atom stereocenters. The lowest BCUT2D eigenvalue weighted by atomic mass is 9.94. The van der Waals surface area contributed by atoms with Crippen molar-refractivity contribution in [2.75, 3.05) is 26.4 Å². The van der Waals surface area contributed by atoms with Crippen molar-refractivity contribution in [1.29, 1.82) is 0 Å². The first-order chi connectivity index (χ1) is 13.6. The van der Waals surface area contributed by atoms with Gasteiger partial charge in [-0.15, -0.1) is 0 Å². The highest BCUT2D eigenvalue weighted by molar-refractivity contribution is 6.30. The van der Waals surface area contributed by atoms with E-state index in [1.54, 1.807) is 0 Å². The third-order valence-electron chi connectivity index (χ3n) is 5.18.